The predicted molar refractivity (Wildman–Crippen MR) is 65.5 cm³/mol. The number of hydrogen-bond donors (Lipinski definition) is 2. The van der Waals surface area contributed by atoms with Crippen LogP contribution in [0.3, 0.4) is 0 Å². The van der Waals surface area contributed by atoms with Crippen molar-refractivity contribution in [3.63, 3.8) is 0 Å². The van der Waals surface area contributed by atoms with Crippen LogP contribution in [0.4, 0.5) is 5.82 Å². The lowest BCUT2D eigenvalue weighted by molar-refractivity contribution is 0.208. The van der Waals surface area contributed by atoms with Gasteiger partial charge < -0.3 is 10.4 Å². The zero-order chi connectivity index (χ0) is 11.4. The zero-order valence-electron chi connectivity index (χ0n) is 8.92. The molecule has 0 amide bonds. The van der Waals surface area contributed by atoms with Crippen molar-refractivity contribution in [2.75, 3.05) is 11.9 Å². The van der Waals surface area contributed by atoms with Crippen LogP contribution in [0.1, 0.15) is 6.92 Å². The van der Waals surface area contributed by atoms with Crippen molar-refractivity contribution in [3.05, 3.63) is 29.2 Å². The van der Waals surface area contributed by atoms with Gasteiger partial charge >= 0.3 is 0 Å². The third kappa shape index (κ3) is 2.77. The summed E-state index contributed by atoms with van der Waals surface area (Å²) in [6, 6.07) is 3.90. The fraction of sp³-hybridized carbons (Fsp3) is 0.273. The molecule has 4 nitrogen and oxygen atoms in total. The molecular formula is C11H13N3OS. The van der Waals surface area contributed by atoms with E-state index >= 15 is 0 Å². The van der Waals surface area contributed by atoms with E-state index in [4.69, 9.17) is 5.11 Å². The van der Waals surface area contributed by atoms with Crippen LogP contribution in [0.5, 0.6) is 0 Å². The second kappa shape index (κ2) is 5.05. The maximum absolute atomic E-state index is 9.16. The molecule has 0 aromatic carbocycles. The minimum absolute atomic E-state index is 0.389. The van der Waals surface area contributed by atoms with Gasteiger partial charge in [-0.3, -0.25) is 0 Å². The smallest absolute Gasteiger partial charge is 0.130 e. The van der Waals surface area contributed by atoms with E-state index in [9.17, 15) is 0 Å². The SMILES string of the molecule is CC(O)CNc1cc(-c2ccsc2)ncn1. The molecule has 2 aromatic heterocycles. The van der Waals surface area contributed by atoms with Gasteiger partial charge in [-0.15, -0.1) is 0 Å². The van der Waals surface area contributed by atoms with Gasteiger partial charge in [0.1, 0.15) is 12.1 Å². The molecule has 1 atom stereocenters. The van der Waals surface area contributed by atoms with E-state index in [1.807, 2.05) is 22.9 Å². The first-order valence-corrected chi connectivity index (χ1v) is 5.96. The molecule has 5 heteroatoms. The molecule has 0 spiro atoms. The number of thiophene rings is 1. The number of hydrogen-bond acceptors (Lipinski definition) is 5. The third-order valence-corrected chi connectivity index (χ3v) is 2.75. The van der Waals surface area contributed by atoms with Gasteiger partial charge in [0.25, 0.3) is 0 Å². The number of nitrogens with one attached hydrogen (secondary N) is 1. The summed E-state index contributed by atoms with van der Waals surface area (Å²) in [5.41, 5.74) is 1.98. The summed E-state index contributed by atoms with van der Waals surface area (Å²) < 4.78 is 0. The number of aliphatic hydroxyl groups excluding tert-OH is 1. The van der Waals surface area contributed by atoms with Crippen LogP contribution in [0.15, 0.2) is 29.2 Å². The number of nitrogens with zero attached hydrogens (tertiary/aromatic N) is 2. The number of anilines is 1. The van der Waals surface area contributed by atoms with E-state index in [0.29, 0.717) is 6.54 Å². The quantitative estimate of drug-likeness (QED) is 0.851. The monoisotopic (exact) mass is 235 g/mol. The van der Waals surface area contributed by atoms with Crippen LogP contribution in [0.25, 0.3) is 11.3 Å². The third-order valence-electron chi connectivity index (χ3n) is 2.06. The topological polar surface area (TPSA) is 58.0 Å². The fourth-order valence-electron chi connectivity index (χ4n) is 1.27. The molecule has 0 fully saturated rings. The highest BCUT2D eigenvalue weighted by molar-refractivity contribution is 7.08. The highest BCUT2D eigenvalue weighted by atomic mass is 32.1. The van der Waals surface area contributed by atoms with Crippen LogP contribution in [0, 0.1) is 0 Å². The number of aromatic nitrogens is 2. The lowest BCUT2D eigenvalue weighted by atomic mass is 10.2. The zero-order valence-corrected chi connectivity index (χ0v) is 9.74. The molecule has 0 aliphatic rings. The van der Waals surface area contributed by atoms with Crippen molar-refractivity contribution >= 4 is 17.2 Å². The Labute approximate surface area is 98.0 Å². The maximum atomic E-state index is 9.16. The van der Waals surface area contributed by atoms with Gasteiger partial charge in [-0.2, -0.15) is 11.3 Å². The Morgan fingerprint density at radius 3 is 3.06 bits per heavy atom. The lowest BCUT2D eigenvalue weighted by Gasteiger charge is -2.07. The molecule has 2 aromatic rings. The molecule has 2 heterocycles. The second-order valence-corrected chi connectivity index (χ2v) is 4.31. The van der Waals surface area contributed by atoms with E-state index in [-0.39, 0.29) is 6.10 Å². The highest BCUT2D eigenvalue weighted by Gasteiger charge is 2.02. The minimum Gasteiger partial charge on any atom is -0.392 e. The molecule has 2 N–H and O–H groups in total. The average molecular weight is 235 g/mol. The van der Waals surface area contributed by atoms with Crippen LogP contribution >= 0.6 is 11.3 Å². The normalized spacial score (nSPS) is 12.4. The first-order chi connectivity index (χ1) is 7.75. The second-order valence-electron chi connectivity index (χ2n) is 3.53. The van der Waals surface area contributed by atoms with E-state index in [0.717, 1.165) is 17.1 Å². The summed E-state index contributed by atoms with van der Waals surface area (Å²) in [5.74, 6) is 0.733. The van der Waals surface area contributed by atoms with Crippen molar-refractivity contribution in [2.24, 2.45) is 0 Å². The summed E-state index contributed by atoms with van der Waals surface area (Å²) in [4.78, 5) is 8.29. The van der Waals surface area contributed by atoms with Crippen LogP contribution in [-0.4, -0.2) is 27.7 Å². The summed E-state index contributed by atoms with van der Waals surface area (Å²) >= 11 is 1.64. The summed E-state index contributed by atoms with van der Waals surface area (Å²) in [6.45, 7) is 2.22. The van der Waals surface area contributed by atoms with Gasteiger partial charge in [0.15, 0.2) is 0 Å². The number of aliphatic hydroxyl groups is 1. The van der Waals surface area contributed by atoms with Crippen molar-refractivity contribution < 1.29 is 5.11 Å². The Balaban J connectivity index is 2.14. The van der Waals surface area contributed by atoms with Crippen LogP contribution < -0.4 is 5.32 Å². The molecule has 0 saturated heterocycles. The molecule has 0 aliphatic carbocycles. The molecule has 16 heavy (non-hydrogen) atoms. The van der Waals surface area contributed by atoms with Crippen molar-refractivity contribution in [1.29, 1.82) is 0 Å². The Hall–Kier alpha value is -1.46. The van der Waals surface area contributed by atoms with Gasteiger partial charge in [0.2, 0.25) is 0 Å². The molecule has 2 rings (SSSR count). The van der Waals surface area contributed by atoms with Gasteiger partial charge in [-0.05, 0) is 18.4 Å². The Morgan fingerprint density at radius 1 is 1.50 bits per heavy atom. The summed E-state index contributed by atoms with van der Waals surface area (Å²) in [5, 5.41) is 16.3. The average Bonchev–Trinajstić information content (AvgIpc) is 2.80. The van der Waals surface area contributed by atoms with E-state index in [1.54, 1.807) is 18.3 Å². The van der Waals surface area contributed by atoms with Crippen molar-refractivity contribution in [3.8, 4) is 11.3 Å². The first kappa shape index (κ1) is 11.0. The summed E-state index contributed by atoms with van der Waals surface area (Å²) in [7, 11) is 0. The van der Waals surface area contributed by atoms with E-state index in [1.165, 1.54) is 6.33 Å². The van der Waals surface area contributed by atoms with Gasteiger partial charge in [0.05, 0.1) is 11.8 Å². The van der Waals surface area contributed by atoms with Crippen molar-refractivity contribution in [1.82, 2.24) is 9.97 Å². The molecular weight excluding hydrogens is 222 g/mol. The Kier molecular flexibility index (Phi) is 3.48. The van der Waals surface area contributed by atoms with Crippen molar-refractivity contribution in [2.45, 2.75) is 13.0 Å². The van der Waals surface area contributed by atoms with Crippen LogP contribution in [0.2, 0.25) is 0 Å². The van der Waals surface area contributed by atoms with Crippen LogP contribution in [-0.2, 0) is 0 Å². The Morgan fingerprint density at radius 2 is 2.38 bits per heavy atom. The molecule has 0 bridgehead atoms. The van der Waals surface area contributed by atoms with Gasteiger partial charge in [-0.25, -0.2) is 9.97 Å². The molecule has 1 unspecified atom stereocenters. The largest absolute Gasteiger partial charge is 0.392 e. The first-order valence-electron chi connectivity index (χ1n) is 5.02. The summed E-state index contributed by atoms with van der Waals surface area (Å²) in [6.07, 6.45) is 1.14. The molecule has 84 valence electrons. The molecule has 0 aliphatic heterocycles. The fourth-order valence-corrected chi connectivity index (χ4v) is 1.92. The molecule has 0 radical (unpaired) electrons. The van der Waals surface area contributed by atoms with E-state index < -0.39 is 0 Å². The minimum atomic E-state index is -0.389. The predicted octanol–water partition coefficient (Wildman–Crippen LogP) is 2.00. The Bertz CT molecular complexity index is 442. The standard InChI is InChI=1S/C11H13N3OS/c1-8(15)5-12-11-4-10(13-7-14-11)9-2-3-16-6-9/h2-4,6-8,15H,5H2,1H3,(H,12,13,14). The van der Waals surface area contributed by atoms with Gasteiger partial charge in [-0.1, -0.05) is 0 Å². The maximum Gasteiger partial charge on any atom is 0.130 e. The van der Waals surface area contributed by atoms with E-state index in [2.05, 4.69) is 15.3 Å². The lowest BCUT2D eigenvalue weighted by Crippen LogP contribution is -2.16. The highest BCUT2D eigenvalue weighted by Crippen LogP contribution is 2.20. The number of rotatable bonds is 4. The van der Waals surface area contributed by atoms with Gasteiger partial charge in [0, 0.05) is 23.6 Å². The molecule has 0 saturated carbocycles.